The molecule has 1 aliphatic carbocycles. The third-order valence-corrected chi connectivity index (χ3v) is 5.83. The second-order valence-electron chi connectivity index (χ2n) is 7.94. The lowest BCUT2D eigenvalue weighted by Gasteiger charge is -2.40. The molecule has 0 bridgehead atoms. The van der Waals surface area contributed by atoms with Crippen LogP contribution in [-0.2, 0) is 9.59 Å². The Morgan fingerprint density at radius 3 is 2.71 bits per heavy atom. The number of piperazine rings is 1. The molecule has 7 nitrogen and oxygen atoms in total. The average molecular weight is 426 g/mol. The molecule has 0 aromatic carbocycles. The van der Waals surface area contributed by atoms with E-state index in [9.17, 15) is 9.59 Å². The molecule has 1 aromatic heterocycles. The minimum absolute atomic E-state index is 0.00327. The van der Waals surface area contributed by atoms with Gasteiger partial charge in [-0.15, -0.1) is 0 Å². The summed E-state index contributed by atoms with van der Waals surface area (Å²) in [5.41, 5.74) is 0. The summed E-state index contributed by atoms with van der Waals surface area (Å²) in [5.74, 6) is 1.59. The Hall–Kier alpha value is -1.54. The Morgan fingerprint density at radius 2 is 2.07 bits per heavy atom. The maximum absolute atomic E-state index is 12.4. The Kier molecular flexibility index (Phi) is 7.04. The molecule has 2 heterocycles. The molecule has 3 rings (SSSR count). The van der Waals surface area contributed by atoms with Crippen LogP contribution in [0.1, 0.15) is 40.0 Å². The molecule has 154 valence electrons. The summed E-state index contributed by atoms with van der Waals surface area (Å²) in [6.07, 6.45) is 2.71. The number of nitrogens with one attached hydrogen (secondary N) is 1. The molecule has 2 amide bonds. The van der Waals surface area contributed by atoms with Gasteiger partial charge in [0.2, 0.25) is 11.8 Å². The lowest BCUT2D eigenvalue weighted by molar-refractivity contribution is -0.134. The van der Waals surface area contributed by atoms with E-state index < -0.39 is 0 Å². The van der Waals surface area contributed by atoms with Gasteiger partial charge in [0.05, 0.1) is 5.75 Å². The van der Waals surface area contributed by atoms with Crippen LogP contribution in [0.4, 0.5) is 5.82 Å². The van der Waals surface area contributed by atoms with E-state index >= 15 is 0 Å². The number of hydrogen-bond acceptors (Lipinski definition) is 6. The lowest BCUT2D eigenvalue weighted by Crippen LogP contribution is -2.54. The van der Waals surface area contributed by atoms with E-state index in [4.69, 9.17) is 11.6 Å². The van der Waals surface area contributed by atoms with Crippen LogP contribution < -0.4 is 10.2 Å². The molecule has 1 saturated heterocycles. The highest BCUT2D eigenvalue weighted by molar-refractivity contribution is 7.99. The summed E-state index contributed by atoms with van der Waals surface area (Å²) in [6.45, 7) is 8.25. The monoisotopic (exact) mass is 425 g/mol. The number of rotatable bonds is 7. The summed E-state index contributed by atoms with van der Waals surface area (Å²) in [4.78, 5) is 37.2. The Bertz CT molecular complexity index is 728. The molecule has 2 fully saturated rings. The van der Waals surface area contributed by atoms with Crippen molar-refractivity contribution in [2.24, 2.45) is 5.92 Å². The number of hydrogen-bond donors (Lipinski definition) is 1. The third-order valence-electron chi connectivity index (χ3n) is 4.79. The van der Waals surface area contributed by atoms with Crippen LogP contribution in [0.2, 0.25) is 5.15 Å². The maximum Gasteiger partial charge on any atom is 0.230 e. The summed E-state index contributed by atoms with van der Waals surface area (Å²) in [7, 11) is 0. The first-order valence-electron chi connectivity index (χ1n) is 9.83. The van der Waals surface area contributed by atoms with E-state index in [1.807, 2.05) is 4.90 Å². The number of halogens is 1. The molecule has 2 aliphatic rings. The first-order valence-corrected chi connectivity index (χ1v) is 11.2. The van der Waals surface area contributed by atoms with Crippen molar-refractivity contribution in [3.05, 3.63) is 11.2 Å². The standard InChI is InChI=1S/C19H28ClN5O2S/c1-12(2)8-18(27)25-7-6-24(10-13(25)3)16-9-15(20)22-19(23-16)28-11-17(26)21-14-4-5-14/h9,12-14H,4-8,10-11H2,1-3H3,(H,21,26)/t13-/m1/s1. The topological polar surface area (TPSA) is 78.4 Å². The molecule has 0 unspecified atom stereocenters. The predicted octanol–water partition coefficient (Wildman–Crippen LogP) is 2.58. The van der Waals surface area contributed by atoms with Crippen LogP contribution in [0.25, 0.3) is 0 Å². The number of carbonyl (C=O) groups is 2. The lowest BCUT2D eigenvalue weighted by atomic mass is 10.1. The number of carbonyl (C=O) groups excluding carboxylic acids is 2. The van der Waals surface area contributed by atoms with Crippen LogP contribution in [0.15, 0.2) is 11.2 Å². The zero-order valence-electron chi connectivity index (χ0n) is 16.7. The molecule has 1 aliphatic heterocycles. The van der Waals surface area contributed by atoms with Gasteiger partial charge in [-0.25, -0.2) is 9.97 Å². The molecule has 0 spiro atoms. The van der Waals surface area contributed by atoms with Crippen LogP contribution in [-0.4, -0.2) is 64.2 Å². The van der Waals surface area contributed by atoms with E-state index in [1.54, 1.807) is 6.07 Å². The van der Waals surface area contributed by atoms with E-state index in [0.717, 1.165) is 18.7 Å². The maximum atomic E-state index is 12.4. The van der Waals surface area contributed by atoms with E-state index in [-0.39, 0.29) is 23.6 Å². The van der Waals surface area contributed by atoms with Crippen LogP contribution in [0.5, 0.6) is 0 Å². The van der Waals surface area contributed by atoms with Gasteiger partial charge in [0.1, 0.15) is 11.0 Å². The Morgan fingerprint density at radius 1 is 1.32 bits per heavy atom. The first kappa shape index (κ1) is 21.2. The predicted molar refractivity (Wildman–Crippen MR) is 112 cm³/mol. The number of thioether (sulfide) groups is 1. The molecule has 1 saturated carbocycles. The van der Waals surface area contributed by atoms with Gasteiger partial charge in [0.15, 0.2) is 5.16 Å². The van der Waals surface area contributed by atoms with Gasteiger partial charge in [0, 0.05) is 44.2 Å². The molecular formula is C19H28ClN5O2S. The quantitative estimate of drug-likeness (QED) is 0.411. The molecule has 1 N–H and O–H groups in total. The summed E-state index contributed by atoms with van der Waals surface area (Å²) < 4.78 is 0. The second-order valence-corrected chi connectivity index (χ2v) is 9.27. The fourth-order valence-electron chi connectivity index (χ4n) is 3.24. The highest BCUT2D eigenvalue weighted by atomic mass is 35.5. The van der Waals surface area contributed by atoms with Gasteiger partial charge in [-0.1, -0.05) is 37.2 Å². The summed E-state index contributed by atoms with van der Waals surface area (Å²) in [5, 5.41) is 3.82. The summed E-state index contributed by atoms with van der Waals surface area (Å²) in [6, 6.07) is 2.20. The van der Waals surface area contributed by atoms with Gasteiger partial charge in [-0.3, -0.25) is 9.59 Å². The normalized spacial score (nSPS) is 19.8. The van der Waals surface area contributed by atoms with Crippen molar-refractivity contribution in [1.82, 2.24) is 20.2 Å². The van der Waals surface area contributed by atoms with E-state index in [1.165, 1.54) is 11.8 Å². The van der Waals surface area contributed by atoms with Crippen molar-refractivity contribution in [3.63, 3.8) is 0 Å². The molecule has 28 heavy (non-hydrogen) atoms. The average Bonchev–Trinajstić information content (AvgIpc) is 3.42. The fourth-order valence-corrected chi connectivity index (χ4v) is 4.13. The third kappa shape index (κ3) is 5.98. The Labute approximate surface area is 175 Å². The molecule has 1 atom stereocenters. The molecule has 0 radical (unpaired) electrons. The number of aromatic nitrogens is 2. The number of nitrogens with zero attached hydrogens (tertiary/aromatic N) is 4. The van der Waals surface area contributed by atoms with Crippen molar-refractivity contribution in [2.75, 3.05) is 30.3 Å². The van der Waals surface area contributed by atoms with Gasteiger partial charge in [-0.2, -0.15) is 0 Å². The highest BCUT2D eigenvalue weighted by Gasteiger charge is 2.29. The zero-order chi connectivity index (χ0) is 20.3. The SMILES string of the molecule is CC(C)CC(=O)N1CCN(c2cc(Cl)nc(SCC(=O)NC3CC3)n2)C[C@H]1C. The van der Waals surface area contributed by atoms with Crippen molar-refractivity contribution in [3.8, 4) is 0 Å². The number of anilines is 1. The summed E-state index contributed by atoms with van der Waals surface area (Å²) >= 11 is 7.49. The van der Waals surface area contributed by atoms with Gasteiger partial charge >= 0.3 is 0 Å². The van der Waals surface area contributed by atoms with Crippen LogP contribution in [0, 0.1) is 5.92 Å². The van der Waals surface area contributed by atoms with Gasteiger partial charge in [0.25, 0.3) is 0 Å². The van der Waals surface area contributed by atoms with Crippen molar-refractivity contribution >= 4 is 41.0 Å². The van der Waals surface area contributed by atoms with Crippen molar-refractivity contribution in [1.29, 1.82) is 0 Å². The van der Waals surface area contributed by atoms with Crippen LogP contribution >= 0.6 is 23.4 Å². The molecule has 1 aromatic rings. The largest absolute Gasteiger partial charge is 0.353 e. The van der Waals surface area contributed by atoms with E-state index in [2.05, 4.69) is 41.0 Å². The number of amides is 2. The van der Waals surface area contributed by atoms with Gasteiger partial charge < -0.3 is 15.1 Å². The Balaban J connectivity index is 1.59. The zero-order valence-corrected chi connectivity index (χ0v) is 18.2. The van der Waals surface area contributed by atoms with Crippen molar-refractivity contribution in [2.45, 2.75) is 57.3 Å². The second kappa shape index (κ2) is 9.31. The van der Waals surface area contributed by atoms with Crippen LogP contribution in [0.3, 0.4) is 0 Å². The van der Waals surface area contributed by atoms with E-state index in [0.29, 0.717) is 48.3 Å². The highest BCUT2D eigenvalue weighted by Crippen LogP contribution is 2.25. The van der Waals surface area contributed by atoms with Crippen molar-refractivity contribution < 1.29 is 9.59 Å². The minimum Gasteiger partial charge on any atom is -0.353 e. The van der Waals surface area contributed by atoms with Gasteiger partial charge in [-0.05, 0) is 25.7 Å². The molecule has 9 heteroatoms. The fraction of sp³-hybridized carbons (Fsp3) is 0.684. The smallest absolute Gasteiger partial charge is 0.230 e. The minimum atomic E-state index is 0.00327. The first-order chi connectivity index (χ1) is 13.3. The molecular weight excluding hydrogens is 398 g/mol.